The van der Waals surface area contributed by atoms with Gasteiger partial charge in [-0.1, -0.05) is 42.3 Å². The number of aromatic nitrogens is 1. The summed E-state index contributed by atoms with van der Waals surface area (Å²) in [6.45, 7) is 3.70. The highest BCUT2D eigenvalue weighted by atomic mass is 35.5. The van der Waals surface area contributed by atoms with Crippen molar-refractivity contribution < 1.29 is 5.11 Å². The lowest BCUT2D eigenvalue weighted by molar-refractivity contribution is 0.0321. The summed E-state index contributed by atoms with van der Waals surface area (Å²) < 4.78 is 0. The summed E-state index contributed by atoms with van der Waals surface area (Å²) in [5, 5.41) is 11.9. The molecule has 1 heterocycles. The molecule has 2 rings (SSSR count). The van der Waals surface area contributed by atoms with Gasteiger partial charge in [0.25, 0.3) is 0 Å². The Morgan fingerprint density at radius 3 is 2.58 bits per heavy atom. The van der Waals surface area contributed by atoms with Crippen molar-refractivity contribution >= 4 is 23.2 Å². The van der Waals surface area contributed by atoms with Gasteiger partial charge in [-0.15, -0.1) is 0 Å². The third kappa shape index (κ3) is 2.92. The third-order valence-electron chi connectivity index (χ3n) is 3.52. The van der Waals surface area contributed by atoms with Crippen LogP contribution in [0.1, 0.15) is 30.9 Å². The molecule has 0 amide bonds. The first-order valence-corrected chi connectivity index (χ1v) is 6.76. The van der Waals surface area contributed by atoms with Crippen LogP contribution in [0.15, 0.2) is 42.7 Å². The molecule has 2 atom stereocenters. The number of nitrogens with zero attached hydrogens (tertiary/aromatic N) is 1. The maximum Gasteiger partial charge on any atom is 0.0949 e. The van der Waals surface area contributed by atoms with Gasteiger partial charge < -0.3 is 5.11 Å². The van der Waals surface area contributed by atoms with Crippen molar-refractivity contribution in [1.82, 2.24) is 4.98 Å². The summed E-state index contributed by atoms with van der Waals surface area (Å²) in [7, 11) is 0. The van der Waals surface area contributed by atoms with Crippen molar-refractivity contribution in [3.05, 3.63) is 63.9 Å². The standard InChI is InChI=1S/C15H15Cl2NO/c1-10(13-6-5-12(16)8-14(13)17)15(2,19)11-4-3-7-18-9-11/h3-10,19H,1-2H3. The van der Waals surface area contributed by atoms with Crippen LogP contribution in [-0.4, -0.2) is 10.1 Å². The number of benzene rings is 1. The number of rotatable bonds is 3. The van der Waals surface area contributed by atoms with E-state index in [-0.39, 0.29) is 5.92 Å². The Morgan fingerprint density at radius 2 is 2.00 bits per heavy atom. The number of hydrogen-bond acceptors (Lipinski definition) is 2. The fourth-order valence-electron chi connectivity index (χ4n) is 2.07. The topological polar surface area (TPSA) is 33.1 Å². The molecule has 1 N–H and O–H groups in total. The fourth-order valence-corrected chi connectivity index (χ4v) is 2.64. The van der Waals surface area contributed by atoms with Gasteiger partial charge in [0.15, 0.2) is 0 Å². The minimum absolute atomic E-state index is 0.179. The molecule has 2 unspecified atom stereocenters. The van der Waals surface area contributed by atoms with E-state index in [0.29, 0.717) is 10.0 Å². The Hall–Kier alpha value is -1.09. The first kappa shape index (κ1) is 14.3. The summed E-state index contributed by atoms with van der Waals surface area (Å²) in [6.07, 6.45) is 3.35. The van der Waals surface area contributed by atoms with Gasteiger partial charge in [0.05, 0.1) is 5.60 Å². The van der Waals surface area contributed by atoms with Crippen LogP contribution in [0.3, 0.4) is 0 Å². The zero-order chi connectivity index (χ0) is 14.0. The summed E-state index contributed by atoms with van der Waals surface area (Å²) in [6, 6.07) is 8.97. The van der Waals surface area contributed by atoms with Gasteiger partial charge in [0.2, 0.25) is 0 Å². The number of halogens is 2. The van der Waals surface area contributed by atoms with E-state index in [1.54, 1.807) is 37.5 Å². The van der Waals surface area contributed by atoms with E-state index in [1.165, 1.54) is 0 Å². The van der Waals surface area contributed by atoms with Gasteiger partial charge in [-0.2, -0.15) is 0 Å². The lowest BCUT2D eigenvalue weighted by Gasteiger charge is -2.31. The molecule has 0 aliphatic carbocycles. The largest absolute Gasteiger partial charge is 0.385 e. The van der Waals surface area contributed by atoms with Gasteiger partial charge >= 0.3 is 0 Å². The molecule has 0 fully saturated rings. The third-order valence-corrected chi connectivity index (χ3v) is 4.08. The minimum atomic E-state index is -1.05. The minimum Gasteiger partial charge on any atom is -0.385 e. The van der Waals surface area contributed by atoms with E-state index in [4.69, 9.17) is 23.2 Å². The van der Waals surface area contributed by atoms with E-state index in [2.05, 4.69) is 4.98 Å². The highest BCUT2D eigenvalue weighted by molar-refractivity contribution is 6.35. The maximum absolute atomic E-state index is 10.8. The summed E-state index contributed by atoms with van der Waals surface area (Å²) in [4.78, 5) is 4.05. The van der Waals surface area contributed by atoms with Crippen LogP contribution in [-0.2, 0) is 5.60 Å². The molecule has 0 radical (unpaired) electrons. The van der Waals surface area contributed by atoms with E-state index < -0.39 is 5.60 Å². The van der Waals surface area contributed by atoms with Crippen LogP contribution in [0.5, 0.6) is 0 Å². The zero-order valence-electron chi connectivity index (χ0n) is 10.8. The molecule has 4 heteroatoms. The van der Waals surface area contributed by atoms with E-state index >= 15 is 0 Å². The van der Waals surface area contributed by atoms with Crippen molar-refractivity contribution in [2.75, 3.05) is 0 Å². The monoisotopic (exact) mass is 295 g/mol. The molecule has 19 heavy (non-hydrogen) atoms. The molecule has 1 aromatic carbocycles. The normalized spacial score (nSPS) is 15.8. The van der Waals surface area contributed by atoms with Gasteiger partial charge in [0.1, 0.15) is 0 Å². The smallest absolute Gasteiger partial charge is 0.0949 e. The van der Waals surface area contributed by atoms with E-state index in [0.717, 1.165) is 11.1 Å². The van der Waals surface area contributed by atoms with Crippen molar-refractivity contribution in [3.8, 4) is 0 Å². The van der Waals surface area contributed by atoms with Gasteiger partial charge in [0, 0.05) is 33.9 Å². The number of pyridine rings is 1. The Balaban J connectivity index is 2.40. The van der Waals surface area contributed by atoms with Crippen LogP contribution >= 0.6 is 23.2 Å². The van der Waals surface area contributed by atoms with Crippen LogP contribution in [0, 0.1) is 0 Å². The van der Waals surface area contributed by atoms with Crippen LogP contribution in [0.25, 0.3) is 0 Å². The average Bonchev–Trinajstić information content (AvgIpc) is 2.39. The maximum atomic E-state index is 10.8. The second-order valence-electron chi connectivity index (χ2n) is 4.78. The quantitative estimate of drug-likeness (QED) is 0.910. The van der Waals surface area contributed by atoms with Crippen molar-refractivity contribution in [1.29, 1.82) is 0 Å². The fraction of sp³-hybridized carbons (Fsp3) is 0.267. The lowest BCUT2D eigenvalue weighted by Crippen LogP contribution is -2.28. The molecule has 1 aromatic heterocycles. The average molecular weight is 296 g/mol. The molecule has 0 saturated carbocycles. The van der Waals surface area contributed by atoms with Gasteiger partial charge in [-0.25, -0.2) is 0 Å². The van der Waals surface area contributed by atoms with Crippen molar-refractivity contribution in [2.24, 2.45) is 0 Å². The van der Waals surface area contributed by atoms with Crippen LogP contribution in [0.2, 0.25) is 10.0 Å². The highest BCUT2D eigenvalue weighted by Crippen LogP contribution is 2.39. The molecule has 0 aliphatic heterocycles. The molecular weight excluding hydrogens is 281 g/mol. The Bertz CT molecular complexity index is 570. The van der Waals surface area contributed by atoms with E-state index in [1.807, 2.05) is 19.1 Å². The molecule has 100 valence electrons. The highest BCUT2D eigenvalue weighted by Gasteiger charge is 2.32. The second kappa shape index (κ2) is 5.49. The molecule has 2 nitrogen and oxygen atoms in total. The molecule has 0 saturated heterocycles. The lowest BCUT2D eigenvalue weighted by atomic mass is 9.80. The molecular formula is C15H15Cl2NO. The van der Waals surface area contributed by atoms with E-state index in [9.17, 15) is 5.11 Å². The Labute approximate surface area is 123 Å². The molecule has 2 aromatic rings. The van der Waals surface area contributed by atoms with Crippen LogP contribution < -0.4 is 0 Å². The SMILES string of the molecule is CC(c1ccc(Cl)cc1Cl)C(C)(O)c1cccnc1. The molecule has 0 spiro atoms. The summed E-state index contributed by atoms with van der Waals surface area (Å²) in [5.74, 6) is -0.179. The second-order valence-corrected chi connectivity index (χ2v) is 5.62. The van der Waals surface area contributed by atoms with Crippen molar-refractivity contribution in [2.45, 2.75) is 25.4 Å². The van der Waals surface area contributed by atoms with Gasteiger partial charge in [-0.05, 0) is 30.7 Å². The van der Waals surface area contributed by atoms with Crippen molar-refractivity contribution in [3.63, 3.8) is 0 Å². The number of hydrogen-bond donors (Lipinski definition) is 1. The molecule has 0 bridgehead atoms. The molecule has 0 aliphatic rings. The Kier molecular flexibility index (Phi) is 4.14. The first-order valence-electron chi connectivity index (χ1n) is 6.00. The predicted octanol–water partition coefficient (Wildman–Crippen LogP) is 4.40. The number of aliphatic hydroxyl groups is 1. The first-order chi connectivity index (χ1) is 8.93. The zero-order valence-corrected chi connectivity index (χ0v) is 12.3. The summed E-state index contributed by atoms with van der Waals surface area (Å²) >= 11 is 12.1. The summed E-state index contributed by atoms with van der Waals surface area (Å²) in [5.41, 5.74) is 0.569. The van der Waals surface area contributed by atoms with Crippen LogP contribution in [0.4, 0.5) is 0 Å². The predicted molar refractivity (Wildman–Crippen MR) is 78.7 cm³/mol. The van der Waals surface area contributed by atoms with Gasteiger partial charge in [-0.3, -0.25) is 4.98 Å². The Morgan fingerprint density at radius 1 is 1.26 bits per heavy atom.